The molecule has 6 heteroatoms. The molecule has 0 aliphatic heterocycles. The van der Waals surface area contributed by atoms with E-state index in [0.717, 1.165) is 28.5 Å². The number of aromatic nitrogens is 3. The first-order valence-corrected chi connectivity index (χ1v) is 6.67. The molecule has 3 aromatic rings. The first kappa shape index (κ1) is 13.5. The standard InChI is InChI=1S/C15H16N4O2/c1-11-7-13(17-20-11)9-19(2)10-14-8-15(18-21-14)12-3-5-16-6-4-12/h3-8H,9-10H2,1-2H3. The molecule has 0 amide bonds. The molecule has 0 saturated heterocycles. The Bertz CT molecular complexity index is 705. The van der Waals surface area contributed by atoms with Crippen molar-refractivity contribution >= 4 is 0 Å². The third kappa shape index (κ3) is 3.35. The van der Waals surface area contributed by atoms with E-state index in [1.54, 1.807) is 12.4 Å². The quantitative estimate of drug-likeness (QED) is 0.717. The van der Waals surface area contributed by atoms with Gasteiger partial charge in [-0.2, -0.15) is 0 Å². The first-order valence-electron chi connectivity index (χ1n) is 6.67. The third-order valence-corrected chi connectivity index (χ3v) is 3.07. The van der Waals surface area contributed by atoms with Crippen LogP contribution < -0.4 is 0 Å². The number of hydrogen-bond donors (Lipinski definition) is 0. The summed E-state index contributed by atoms with van der Waals surface area (Å²) in [5.74, 6) is 1.63. The van der Waals surface area contributed by atoms with Crippen LogP contribution in [-0.2, 0) is 13.1 Å². The topological polar surface area (TPSA) is 68.2 Å². The molecular formula is C15H16N4O2. The number of pyridine rings is 1. The molecule has 3 heterocycles. The molecule has 6 nitrogen and oxygen atoms in total. The van der Waals surface area contributed by atoms with Crippen molar-refractivity contribution in [1.82, 2.24) is 20.2 Å². The SMILES string of the molecule is Cc1cc(CN(C)Cc2cc(-c3ccncc3)no2)no1. The van der Waals surface area contributed by atoms with Gasteiger partial charge in [0, 0.05) is 36.6 Å². The minimum atomic E-state index is 0.657. The maximum atomic E-state index is 5.38. The van der Waals surface area contributed by atoms with Crippen LogP contribution in [-0.4, -0.2) is 27.2 Å². The summed E-state index contributed by atoms with van der Waals surface area (Å²) >= 11 is 0. The van der Waals surface area contributed by atoms with Gasteiger partial charge in [-0.3, -0.25) is 9.88 Å². The minimum absolute atomic E-state index is 0.657. The van der Waals surface area contributed by atoms with Crippen LogP contribution in [0.1, 0.15) is 17.2 Å². The van der Waals surface area contributed by atoms with Crippen LogP contribution in [0.4, 0.5) is 0 Å². The fourth-order valence-corrected chi connectivity index (χ4v) is 2.14. The summed E-state index contributed by atoms with van der Waals surface area (Å²) in [6, 6.07) is 7.69. The molecular weight excluding hydrogens is 268 g/mol. The average Bonchev–Trinajstić information content (AvgIpc) is 3.09. The zero-order chi connectivity index (χ0) is 14.7. The highest BCUT2D eigenvalue weighted by atomic mass is 16.5. The molecule has 0 N–H and O–H groups in total. The molecule has 0 aliphatic carbocycles. The number of rotatable bonds is 5. The van der Waals surface area contributed by atoms with Crippen molar-refractivity contribution in [3.05, 3.63) is 53.9 Å². The Morgan fingerprint density at radius 1 is 1.05 bits per heavy atom. The molecule has 0 aromatic carbocycles. The van der Waals surface area contributed by atoms with Crippen molar-refractivity contribution in [1.29, 1.82) is 0 Å². The second-order valence-corrected chi connectivity index (χ2v) is 5.02. The van der Waals surface area contributed by atoms with E-state index in [4.69, 9.17) is 9.05 Å². The number of aryl methyl sites for hydroxylation is 1. The lowest BCUT2D eigenvalue weighted by atomic mass is 10.2. The Labute approximate surface area is 122 Å². The van der Waals surface area contributed by atoms with Crippen molar-refractivity contribution < 1.29 is 9.05 Å². The van der Waals surface area contributed by atoms with E-state index < -0.39 is 0 Å². The van der Waals surface area contributed by atoms with Gasteiger partial charge in [-0.15, -0.1) is 0 Å². The van der Waals surface area contributed by atoms with Gasteiger partial charge in [-0.1, -0.05) is 10.3 Å². The second kappa shape index (κ2) is 5.88. The monoisotopic (exact) mass is 284 g/mol. The van der Waals surface area contributed by atoms with E-state index in [0.29, 0.717) is 13.1 Å². The molecule has 0 saturated carbocycles. The van der Waals surface area contributed by atoms with Gasteiger partial charge < -0.3 is 9.05 Å². The second-order valence-electron chi connectivity index (χ2n) is 5.02. The predicted octanol–water partition coefficient (Wildman–Crippen LogP) is 2.67. The van der Waals surface area contributed by atoms with E-state index in [1.165, 1.54) is 0 Å². The van der Waals surface area contributed by atoms with Crippen LogP contribution in [0, 0.1) is 6.92 Å². The van der Waals surface area contributed by atoms with Gasteiger partial charge in [-0.25, -0.2) is 0 Å². The zero-order valence-corrected chi connectivity index (χ0v) is 12.0. The highest BCUT2D eigenvalue weighted by Gasteiger charge is 2.10. The molecule has 0 spiro atoms. The molecule has 0 radical (unpaired) electrons. The van der Waals surface area contributed by atoms with Gasteiger partial charge in [0.1, 0.15) is 11.5 Å². The summed E-state index contributed by atoms with van der Waals surface area (Å²) in [4.78, 5) is 6.08. The van der Waals surface area contributed by atoms with Crippen molar-refractivity contribution in [2.45, 2.75) is 20.0 Å². The maximum Gasteiger partial charge on any atom is 0.151 e. The average molecular weight is 284 g/mol. The lowest BCUT2D eigenvalue weighted by Gasteiger charge is -2.11. The Kier molecular flexibility index (Phi) is 3.79. The van der Waals surface area contributed by atoms with Gasteiger partial charge in [0.2, 0.25) is 0 Å². The number of nitrogens with zero attached hydrogens (tertiary/aromatic N) is 4. The van der Waals surface area contributed by atoms with Gasteiger partial charge in [0.05, 0.1) is 12.2 Å². The Morgan fingerprint density at radius 3 is 2.57 bits per heavy atom. The van der Waals surface area contributed by atoms with Crippen molar-refractivity contribution in [2.24, 2.45) is 0 Å². The van der Waals surface area contributed by atoms with E-state index in [1.807, 2.05) is 38.2 Å². The number of hydrogen-bond acceptors (Lipinski definition) is 6. The van der Waals surface area contributed by atoms with Crippen molar-refractivity contribution in [3.8, 4) is 11.3 Å². The van der Waals surface area contributed by atoms with Gasteiger partial charge in [0.25, 0.3) is 0 Å². The van der Waals surface area contributed by atoms with Gasteiger partial charge in [-0.05, 0) is 26.1 Å². The minimum Gasteiger partial charge on any atom is -0.361 e. The van der Waals surface area contributed by atoms with Crippen LogP contribution in [0.15, 0.2) is 45.7 Å². The fourth-order valence-electron chi connectivity index (χ4n) is 2.14. The van der Waals surface area contributed by atoms with Crippen LogP contribution in [0.3, 0.4) is 0 Å². The predicted molar refractivity (Wildman–Crippen MR) is 76.1 cm³/mol. The lowest BCUT2D eigenvalue weighted by Crippen LogP contribution is -2.16. The van der Waals surface area contributed by atoms with E-state index >= 15 is 0 Å². The smallest absolute Gasteiger partial charge is 0.151 e. The van der Waals surface area contributed by atoms with Gasteiger partial charge in [0.15, 0.2) is 5.76 Å². The maximum absolute atomic E-state index is 5.38. The molecule has 0 bridgehead atoms. The van der Waals surface area contributed by atoms with Crippen molar-refractivity contribution in [3.63, 3.8) is 0 Å². The van der Waals surface area contributed by atoms with Gasteiger partial charge >= 0.3 is 0 Å². The molecule has 0 aliphatic rings. The normalized spacial score (nSPS) is 11.2. The molecule has 0 atom stereocenters. The molecule has 3 rings (SSSR count). The summed E-state index contributed by atoms with van der Waals surface area (Å²) < 4.78 is 10.4. The Balaban J connectivity index is 1.64. The summed E-state index contributed by atoms with van der Waals surface area (Å²) in [7, 11) is 2.00. The largest absolute Gasteiger partial charge is 0.361 e. The molecule has 0 unspecified atom stereocenters. The van der Waals surface area contributed by atoms with Crippen LogP contribution in [0.25, 0.3) is 11.3 Å². The van der Waals surface area contributed by atoms with E-state index in [2.05, 4.69) is 20.2 Å². The molecule has 3 aromatic heterocycles. The van der Waals surface area contributed by atoms with E-state index in [-0.39, 0.29) is 0 Å². The van der Waals surface area contributed by atoms with Crippen LogP contribution in [0.2, 0.25) is 0 Å². The molecule has 0 fully saturated rings. The zero-order valence-electron chi connectivity index (χ0n) is 12.0. The molecule has 108 valence electrons. The third-order valence-electron chi connectivity index (χ3n) is 3.07. The van der Waals surface area contributed by atoms with Crippen LogP contribution >= 0.6 is 0 Å². The summed E-state index contributed by atoms with van der Waals surface area (Å²) in [5.41, 5.74) is 2.72. The van der Waals surface area contributed by atoms with Crippen LogP contribution in [0.5, 0.6) is 0 Å². The first-order chi connectivity index (χ1) is 10.2. The van der Waals surface area contributed by atoms with Crippen molar-refractivity contribution in [2.75, 3.05) is 7.05 Å². The summed E-state index contributed by atoms with van der Waals surface area (Å²) in [5, 5.41) is 8.07. The summed E-state index contributed by atoms with van der Waals surface area (Å²) in [6.45, 7) is 3.24. The van der Waals surface area contributed by atoms with E-state index in [9.17, 15) is 0 Å². The lowest BCUT2D eigenvalue weighted by molar-refractivity contribution is 0.259. The highest BCUT2D eigenvalue weighted by Crippen LogP contribution is 2.19. The Hall–Kier alpha value is -2.47. The Morgan fingerprint density at radius 2 is 1.86 bits per heavy atom. The molecule has 21 heavy (non-hydrogen) atoms. The highest BCUT2D eigenvalue weighted by molar-refractivity contribution is 5.57. The summed E-state index contributed by atoms with van der Waals surface area (Å²) in [6.07, 6.45) is 3.48. The fraction of sp³-hybridized carbons (Fsp3) is 0.267.